The summed E-state index contributed by atoms with van der Waals surface area (Å²) in [4.78, 5) is 22.3. The Morgan fingerprint density at radius 2 is 2.38 bits per heavy atom. The predicted octanol–water partition coefficient (Wildman–Crippen LogP) is 0.941. The summed E-state index contributed by atoms with van der Waals surface area (Å²) in [5.41, 5.74) is -0.154. The molecule has 0 saturated heterocycles. The molecule has 1 saturated carbocycles. The molecule has 2 rings (SSSR count). The monoisotopic (exact) mass is 180 g/mol. The molecule has 3 heteroatoms. The Labute approximate surface area is 76.8 Å². The highest BCUT2D eigenvalue weighted by Gasteiger charge is 2.65. The maximum Gasteiger partial charge on any atom is 0.306 e. The van der Waals surface area contributed by atoms with Gasteiger partial charge in [-0.25, -0.2) is 0 Å². The Bertz CT molecular complexity index is 305. The van der Waals surface area contributed by atoms with E-state index < -0.39 is 0 Å². The summed E-state index contributed by atoms with van der Waals surface area (Å²) in [5.74, 6) is 0.264. The molecule has 0 aromatic carbocycles. The summed E-state index contributed by atoms with van der Waals surface area (Å²) < 4.78 is 4.59. The van der Waals surface area contributed by atoms with Gasteiger partial charge in [-0.15, -0.1) is 0 Å². The second kappa shape index (κ2) is 2.44. The molecule has 2 aliphatic rings. The van der Waals surface area contributed by atoms with Crippen LogP contribution in [0.3, 0.4) is 0 Å². The van der Waals surface area contributed by atoms with E-state index in [1.165, 1.54) is 7.11 Å². The second-order valence-corrected chi connectivity index (χ2v) is 4.02. The van der Waals surface area contributed by atoms with Crippen molar-refractivity contribution in [1.29, 1.82) is 0 Å². The minimum absolute atomic E-state index is 0.0478. The number of ether oxygens (including phenoxy) is 1. The highest BCUT2D eigenvalue weighted by Crippen LogP contribution is 2.64. The van der Waals surface area contributed by atoms with Gasteiger partial charge in [-0.1, -0.05) is 13.0 Å². The number of ketones is 1. The molecular formula is C10H12O3. The molecule has 0 heterocycles. The molecule has 0 aliphatic heterocycles. The summed E-state index contributed by atoms with van der Waals surface area (Å²) in [7, 11) is 1.38. The van der Waals surface area contributed by atoms with Gasteiger partial charge in [0.15, 0.2) is 5.78 Å². The first kappa shape index (κ1) is 8.48. The number of methoxy groups -OCH3 is 1. The van der Waals surface area contributed by atoms with E-state index in [1.807, 2.05) is 13.0 Å². The predicted molar refractivity (Wildman–Crippen MR) is 45.9 cm³/mol. The van der Waals surface area contributed by atoms with Crippen LogP contribution >= 0.6 is 0 Å². The Balaban J connectivity index is 2.07. The third kappa shape index (κ3) is 1.03. The van der Waals surface area contributed by atoms with E-state index in [2.05, 4.69) is 4.74 Å². The largest absolute Gasteiger partial charge is 0.469 e. The van der Waals surface area contributed by atoms with Crippen molar-refractivity contribution in [3.63, 3.8) is 0 Å². The normalized spacial score (nSPS) is 40.3. The number of hydrogen-bond donors (Lipinski definition) is 0. The minimum atomic E-state index is -0.224. The first-order chi connectivity index (χ1) is 6.09. The van der Waals surface area contributed by atoms with Gasteiger partial charge >= 0.3 is 5.97 Å². The SMILES string of the molecule is COC(=O)C[C@@]1(C)[C@@H]2C=CC(=O)[C@@H]21. The average Bonchev–Trinajstić information content (AvgIpc) is 2.44. The molecule has 2 aliphatic carbocycles. The van der Waals surface area contributed by atoms with Crippen LogP contribution in [-0.2, 0) is 14.3 Å². The van der Waals surface area contributed by atoms with E-state index >= 15 is 0 Å². The van der Waals surface area contributed by atoms with Crippen LogP contribution in [0, 0.1) is 17.3 Å². The van der Waals surface area contributed by atoms with Crippen molar-refractivity contribution < 1.29 is 14.3 Å². The van der Waals surface area contributed by atoms with Crippen molar-refractivity contribution in [2.45, 2.75) is 13.3 Å². The third-order valence-corrected chi connectivity index (χ3v) is 3.25. The summed E-state index contributed by atoms with van der Waals surface area (Å²) >= 11 is 0. The van der Waals surface area contributed by atoms with Gasteiger partial charge in [-0.05, 0) is 17.4 Å². The molecular weight excluding hydrogens is 168 g/mol. The summed E-state index contributed by atoms with van der Waals surface area (Å²) in [6, 6.07) is 0. The lowest BCUT2D eigenvalue weighted by Gasteiger charge is -2.09. The molecule has 0 N–H and O–H groups in total. The van der Waals surface area contributed by atoms with Gasteiger partial charge in [0.1, 0.15) is 0 Å². The molecule has 1 fully saturated rings. The number of esters is 1. The maximum atomic E-state index is 11.3. The van der Waals surface area contributed by atoms with Crippen LogP contribution in [0.2, 0.25) is 0 Å². The Hall–Kier alpha value is -1.12. The topological polar surface area (TPSA) is 43.4 Å². The molecule has 0 bridgehead atoms. The molecule has 3 nitrogen and oxygen atoms in total. The number of allylic oxidation sites excluding steroid dienone is 2. The highest BCUT2D eigenvalue weighted by atomic mass is 16.5. The Morgan fingerprint density at radius 1 is 1.69 bits per heavy atom. The van der Waals surface area contributed by atoms with E-state index in [0.29, 0.717) is 6.42 Å². The third-order valence-electron chi connectivity index (χ3n) is 3.25. The Kier molecular flexibility index (Phi) is 1.59. The highest BCUT2D eigenvalue weighted by molar-refractivity contribution is 5.99. The standard InChI is InChI=1S/C10H12O3/c1-10(5-8(12)13-2)6-3-4-7(11)9(6)10/h3-4,6,9H,5H2,1-2H3/t6-,9-,10+/m1/s1. The quantitative estimate of drug-likeness (QED) is 0.594. The first-order valence-corrected chi connectivity index (χ1v) is 4.38. The number of rotatable bonds is 2. The van der Waals surface area contributed by atoms with Gasteiger partial charge in [0.05, 0.1) is 13.5 Å². The molecule has 0 aromatic heterocycles. The van der Waals surface area contributed by atoms with E-state index in [9.17, 15) is 9.59 Å². The van der Waals surface area contributed by atoms with Crippen molar-refractivity contribution in [3.05, 3.63) is 12.2 Å². The lowest BCUT2D eigenvalue weighted by Crippen LogP contribution is -2.14. The van der Waals surface area contributed by atoms with Crippen molar-refractivity contribution in [3.8, 4) is 0 Å². The summed E-state index contributed by atoms with van der Waals surface area (Å²) in [6.07, 6.45) is 3.89. The van der Waals surface area contributed by atoms with Gasteiger partial charge in [-0.2, -0.15) is 0 Å². The number of fused-ring (bicyclic) bond motifs is 1. The van der Waals surface area contributed by atoms with Gasteiger partial charge in [0, 0.05) is 5.92 Å². The maximum absolute atomic E-state index is 11.3. The van der Waals surface area contributed by atoms with Crippen LogP contribution in [0.1, 0.15) is 13.3 Å². The van der Waals surface area contributed by atoms with Gasteiger partial charge in [0.2, 0.25) is 0 Å². The fraction of sp³-hybridized carbons (Fsp3) is 0.600. The fourth-order valence-electron chi connectivity index (χ4n) is 2.35. The van der Waals surface area contributed by atoms with E-state index in [4.69, 9.17) is 0 Å². The minimum Gasteiger partial charge on any atom is -0.469 e. The van der Waals surface area contributed by atoms with Crippen LogP contribution in [-0.4, -0.2) is 18.9 Å². The molecule has 70 valence electrons. The molecule has 0 aromatic rings. The van der Waals surface area contributed by atoms with Crippen LogP contribution in [0.15, 0.2) is 12.2 Å². The van der Waals surface area contributed by atoms with Gasteiger partial charge < -0.3 is 4.74 Å². The number of carbonyl (C=O) groups excluding carboxylic acids is 2. The molecule has 13 heavy (non-hydrogen) atoms. The van der Waals surface area contributed by atoms with Crippen LogP contribution < -0.4 is 0 Å². The molecule has 0 unspecified atom stereocenters. The molecule has 3 atom stereocenters. The zero-order valence-electron chi connectivity index (χ0n) is 7.74. The van der Waals surface area contributed by atoms with Crippen molar-refractivity contribution >= 4 is 11.8 Å². The van der Waals surface area contributed by atoms with E-state index in [-0.39, 0.29) is 29.0 Å². The average molecular weight is 180 g/mol. The van der Waals surface area contributed by atoms with Crippen molar-refractivity contribution in [1.82, 2.24) is 0 Å². The van der Waals surface area contributed by atoms with Gasteiger partial charge in [-0.3, -0.25) is 9.59 Å². The zero-order valence-corrected chi connectivity index (χ0v) is 7.74. The van der Waals surface area contributed by atoms with Crippen LogP contribution in [0.25, 0.3) is 0 Å². The lowest BCUT2D eigenvalue weighted by molar-refractivity contribution is -0.142. The Morgan fingerprint density at radius 3 is 2.85 bits per heavy atom. The van der Waals surface area contributed by atoms with Crippen LogP contribution in [0.5, 0.6) is 0 Å². The van der Waals surface area contributed by atoms with E-state index in [0.717, 1.165) is 0 Å². The smallest absolute Gasteiger partial charge is 0.306 e. The lowest BCUT2D eigenvalue weighted by atomic mass is 9.97. The van der Waals surface area contributed by atoms with E-state index in [1.54, 1.807) is 6.08 Å². The number of carbonyl (C=O) groups is 2. The number of hydrogen-bond acceptors (Lipinski definition) is 3. The van der Waals surface area contributed by atoms with Crippen molar-refractivity contribution in [2.75, 3.05) is 7.11 Å². The molecule has 0 radical (unpaired) electrons. The van der Waals surface area contributed by atoms with Gasteiger partial charge in [0.25, 0.3) is 0 Å². The summed E-state index contributed by atoms with van der Waals surface area (Å²) in [6.45, 7) is 1.97. The summed E-state index contributed by atoms with van der Waals surface area (Å²) in [5, 5.41) is 0. The van der Waals surface area contributed by atoms with Crippen LogP contribution in [0.4, 0.5) is 0 Å². The molecule has 0 spiro atoms. The zero-order chi connectivity index (χ0) is 9.64. The second-order valence-electron chi connectivity index (χ2n) is 4.02. The van der Waals surface area contributed by atoms with Crippen molar-refractivity contribution in [2.24, 2.45) is 17.3 Å². The fourth-order valence-corrected chi connectivity index (χ4v) is 2.35. The first-order valence-electron chi connectivity index (χ1n) is 4.38. The molecule has 0 amide bonds.